The molecule has 1 amide bonds. The highest BCUT2D eigenvalue weighted by molar-refractivity contribution is 5.91. The van der Waals surface area contributed by atoms with E-state index in [-0.39, 0.29) is 24.4 Å². The fourth-order valence-electron chi connectivity index (χ4n) is 2.79. The van der Waals surface area contributed by atoms with Gasteiger partial charge in [-0.2, -0.15) is 5.10 Å². The largest absolute Gasteiger partial charge is 0.378 e. The van der Waals surface area contributed by atoms with Crippen molar-refractivity contribution in [2.75, 3.05) is 25.1 Å². The van der Waals surface area contributed by atoms with E-state index in [1.807, 2.05) is 48.9 Å². The molecule has 2 heterocycles. The summed E-state index contributed by atoms with van der Waals surface area (Å²) in [5.74, 6) is -0.0153. The maximum atomic E-state index is 12.2. The second kappa shape index (κ2) is 8.28. The van der Waals surface area contributed by atoms with E-state index in [4.69, 9.17) is 4.74 Å². The van der Waals surface area contributed by atoms with Crippen molar-refractivity contribution in [2.24, 2.45) is 0 Å². The lowest BCUT2D eigenvalue weighted by Gasteiger charge is -2.23. The van der Waals surface area contributed by atoms with Crippen LogP contribution >= 0.6 is 12.4 Å². The lowest BCUT2D eigenvalue weighted by atomic mass is 10.2. The summed E-state index contributed by atoms with van der Waals surface area (Å²) < 4.78 is 7.25. The number of rotatable bonds is 4. The summed E-state index contributed by atoms with van der Waals surface area (Å²) in [6.07, 6.45) is 0.407. The van der Waals surface area contributed by atoms with Gasteiger partial charge in [0.1, 0.15) is 0 Å². The number of hydrogen-bond donors (Lipinski definition) is 2. The van der Waals surface area contributed by atoms with E-state index in [9.17, 15) is 4.79 Å². The summed E-state index contributed by atoms with van der Waals surface area (Å²) in [6.45, 7) is 6.07. The third kappa shape index (κ3) is 4.56. The molecule has 0 saturated carbocycles. The van der Waals surface area contributed by atoms with Crippen molar-refractivity contribution < 1.29 is 9.53 Å². The molecule has 1 fully saturated rings. The maximum Gasteiger partial charge on any atom is 0.226 e. The Morgan fingerprint density at radius 2 is 2.25 bits per heavy atom. The number of anilines is 1. The van der Waals surface area contributed by atoms with E-state index in [1.165, 1.54) is 0 Å². The van der Waals surface area contributed by atoms with Crippen LogP contribution in [-0.2, 0) is 9.53 Å². The molecule has 1 aromatic heterocycles. The van der Waals surface area contributed by atoms with Crippen LogP contribution in [0.4, 0.5) is 5.69 Å². The van der Waals surface area contributed by atoms with Gasteiger partial charge in [0, 0.05) is 30.4 Å². The molecule has 1 atom stereocenters. The van der Waals surface area contributed by atoms with Gasteiger partial charge in [0.2, 0.25) is 5.91 Å². The summed E-state index contributed by atoms with van der Waals surface area (Å²) in [4.78, 5) is 12.2. The van der Waals surface area contributed by atoms with E-state index in [2.05, 4.69) is 15.7 Å². The third-order valence-corrected chi connectivity index (χ3v) is 3.81. The summed E-state index contributed by atoms with van der Waals surface area (Å²) in [7, 11) is 0. The van der Waals surface area contributed by atoms with Crippen molar-refractivity contribution in [1.82, 2.24) is 15.1 Å². The average molecular weight is 351 g/mol. The number of morpholine rings is 1. The van der Waals surface area contributed by atoms with Gasteiger partial charge >= 0.3 is 0 Å². The lowest BCUT2D eigenvalue weighted by Crippen LogP contribution is -2.43. The Morgan fingerprint density at radius 1 is 1.42 bits per heavy atom. The molecule has 2 N–H and O–H groups in total. The van der Waals surface area contributed by atoms with Crippen molar-refractivity contribution in [1.29, 1.82) is 0 Å². The van der Waals surface area contributed by atoms with Crippen LogP contribution in [0, 0.1) is 13.8 Å². The Kier molecular flexibility index (Phi) is 6.36. The van der Waals surface area contributed by atoms with Crippen LogP contribution in [0.1, 0.15) is 17.8 Å². The number of ether oxygens (including phenoxy) is 1. The third-order valence-electron chi connectivity index (χ3n) is 3.81. The molecule has 0 aliphatic carbocycles. The molecule has 0 bridgehead atoms. The molecule has 7 heteroatoms. The number of hydrogen-bond acceptors (Lipinski definition) is 4. The lowest BCUT2D eigenvalue weighted by molar-refractivity contribution is -0.117. The number of amides is 1. The Morgan fingerprint density at radius 3 is 2.92 bits per heavy atom. The molecule has 24 heavy (non-hydrogen) atoms. The van der Waals surface area contributed by atoms with Crippen molar-refractivity contribution in [3.63, 3.8) is 0 Å². The highest BCUT2D eigenvalue weighted by atomic mass is 35.5. The predicted molar refractivity (Wildman–Crippen MR) is 96.1 cm³/mol. The average Bonchev–Trinajstić information content (AvgIpc) is 2.87. The molecule has 2 aromatic rings. The Labute approximate surface area is 148 Å². The number of carbonyl (C=O) groups is 1. The van der Waals surface area contributed by atoms with Crippen molar-refractivity contribution in [2.45, 2.75) is 26.3 Å². The van der Waals surface area contributed by atoms with Crippen LogP contribution < -0.4 is 10.6 Å². The topological polar surface area (TPSA) is 68.2 Å². The Bertz CT molecular complexity index is 696. The predicted octanol–water partition coefficient (Wildman–Crippen LogP) is 2.23. The second-order valence-electron chi connectivity index (χ2n) is 5.87. The zero-order valence-electron chi connectivity index (χ0n) is 13.9. The summed E-state index contributed by atoms with van der Waals surface area (Å²) in [6, 6.07) is 9.83. The van der Waals surface area contributed by atoms with Crippen molar-refractivity contribution in [3.8, 4) is 5.69 Å². The van der Waals surface area contributed by atoms with Crippen molar-refractivity contribution >= 4 is 24.0 Å². The van der Waals surface area contributed by atoms with Crippen LogP contribution in [0.15, 0.2) is 30.3 Å². The van der Waals surface area contributed by atoms with Crippen LogP contribution in [-0.4, -0.2) is 41.5 Å². The standard InChI is InChI=1S/C17H22N4O2.ClH/c1-12-8-13(2)21(20-12)16-5-3-4-14(9-16)19-17(22)10-15-11-23-7-6-18-15;/h3-5,8-9,15,18H,6-7,10-11H2,1-2H3,(H,19,22);1H. The number of halogens is 1. The van der Waals surface area contributed by atoms with Gasteiger partial charge < -0.3 is 15.4 Å². The van der Waals surface area contributed by atoms with Gasteiger partial charge in [0.25, 0.3) is 0 Å². The molecule has 0 radical (unpaired) electrons. The van der Waals surface area contributed by atoms with Crippen LogP contribution in [0.25, 0.3) is 5.69 Å². The molecule has 1 aliphatic rings. The fourth-order valence-corrected chi connectivity index (χ4v) is 2.79. The van der Waals surface area contributed by atoms with E-state index >= 15 is 0 Å². The van der Waals surface area contributed by atoms with Gasteiger partial charge in [-0.05, 0) is 38.1 Å². The first-order chi connectivity index (χ1) is 11.1. The summed E-state index contributed by atoms with van der Waals surface area (Å²) >= 11 is 0. The molecular weight excluding hydrogens is 328 g/mol. The van der Waals surface area contributed by atoms with Gasteiger partial charge in [-0.25, -0.2) is 4.68 Å². The second-order valence-corrected chi connectivity index (χ2v) is 5.87. The maximum absolute atomic E-state index is 12.2. The number of aromatic nitrogens is 2. The zero-order valence-corrected chi connectivity index (χ0v) is 14.7. The quantitative estimate of drug-likeness (QED) is 0.887. The van der Waals surface area contributed by atoms with Gasteiger partial charge in [0.05, 0.1) is 24.6 Å². The molecule has 1 aromatic carbocycles. The Hall–Kier alpha value is -1.89. The number of benzene rings is 1. The number of aryl methyl sites for hydroxylation is 2. The highest BCUT2D eigenvalue weighted by Crippen LogP contribution is 2.17. The van der Waals surface area contributed by atoms with Crippen molar-refractivity contribution in [3.05, 3.63) is 41.7 Å². The first kappa shape index (κ1) is 18.4. The summed E-state index contributed by atoms with van der Waals surface area (Å²) in [5.41, 5.74) is 3.75. The number of carbonyl (C=O) groups excluding carboxylic acids is 1. The normalized spacial score (nSPS) is 17.2. The minimum absolute atomic E-state index is 0. The molecule has 6 nitrogen and oxygen atoms in total. The molecule has 1 saturated heterocycles. The first-order valence-electron chi connectivity index (χ1n) is 7.86. The summed E-state index contributed by atoms with van der Waals surface area (Å²) in [5, 5.41) is 10.7. The van der Waals surface area contributed by atoms with Gasteiger partial charge in [-0.15, -0.1) is 12.4 Å². The monoisotopic (exact) mass is 350 g/mol. The van der Waals surface area contributed by atoms with Crippen LogP contribution in [0.2, 0.25) is 0 Å². The molecular formula is C17H23ClN4O2. The minimum atomic E-state index is -0.0153. The van der Waals surface area contributed by atoms with Gasteiger partial charge in [0.15, 0.2) is 0 Å². The van der Waals surface area contributed by atoms with Gasteiger partial charge in [-0.1, -0.05) is 6.07 Å². The molecule has 1 aliphatic heterocycles. The fraction of sp³-hybridized carbons (Fsp3) is 0.412. The van der Waals surface area contributed by atoms with E-state index < -0.39 is 0 Å². The van der Waals surface area contributed by atoms with Gasteiger partial charge in [-0.3, -0.25) is 4.79 Å². The molecule has 1 unspecified atom stereocenters. The van der Waals surface area contributed by atoms with Crippen LogP contribution in [0.5, 0.6) is 0 Å². The zero-order chi connectivity index (χ0) is 16.2. The number of nitrogens with zero attached hydrogens (tertiary/aromatic N) is 2. The van der Waals surface area contributed by atoms with E-state index in [0.717, 1.165) is 29.3 Å². The molecule has 130 valence electrons. The highest BCUT2D eigenvalue weighted by Gasteiger charge is 2.17. The van der Waals surface area contributed by atoms with Crippen LogP contribution in [0.3, 0.4) is 0 Å². The first-order valence-corrected chi connectivity index (χ1v) is 7.86. The number of nitrogens with one attached hydrogen (secondary N) is 2. The smallest absolute Gasteiger partial charge is 0.226 e. The molecule has 0 spiro atoms. The minimum Gasteiger partial charge on any atom is -0.378 e. The van der Waals surface area contributed by atoms with E-state index in [1.54, 1.807) is 0 Å². The SMILES string of the molecule is Cc1cc(C)n(-c2cccc(NC(=O)CC3COCCN3)c2)n1.Cl. The van der Waals surface area contributed by atoms with E-state index in [0.29, 0.717) is 19.6 Å². The Balaban J connectivity index is 0.00000208. The molecule has 3 rings (SSSR count).